The molecular weight excluding hydrogens is 460 g/mol. The highest BCUT2D eigenvalue weighted by Gasteiger charge is 2.31. The number of benzene rings is 1. The third kappa shape index (κ3) is 4.11. The van der Waals surface area contributed by atoms with Gasteiger partial charge in [0.15, 0.2) is 5.76 Å². The first-order chi connectivity index (χ1) is 15.8. The minimum absolute atomic E-state index is 0.142. The normalized spacial score (nSPS) is 19.3. The molecule has 1 atom stereocenters. The first-order valence-electron chi connectivity index (χ1n) is 11.0. The number of carbonyl (C=O) groups is 2. The van der Waals surface area contributed by atoms with Crippen LogP contribution in [0.15, 0.2) is 47.1 Å². The highest BCUT2D eigenvalue weighted by Crippen LogP contribution is 2.41. The summed E-state index contributed by atoms with van der Waals surface area (Å²) in [5.41, 5.74) is 2.47. The predicted octanol–water partition coefficient (Wildman–Crippen LogP) is 4.49. The number of rotatable bonds is 5. The molecule has 3 heterocycles. The number of ketones is 1. The Morgan fingerprint density at radius 2 is 1.97 bits per heavy atom. The Hall–Kier alpha value is -2.91. The lowest BCUT2D eigenvalue weighted by Gasteiger charge is -2.18. The number of sulfonamides is 1. The molecule has 1 aromatic carbocycles. The highest BCUT2D eigenvalue weighted by molar-refractivity contribution is 7.93. The Morgan fingerprint density at radius 1 is 1.18 bits per heavy atom. The van der Waals surface area contributed by atoms with Gasteiger partial charge < -0.3 is 9.73 Å². The fraction of sp³-hybridized carbons (Fsp3) is 0.333. The molecule has 1 amide bonds. The van der Waals surface area contributed by atoms with Gasteiger partial charge >= 0.3 is 0 Å². The van der Waals surface area contributed by atoms with E-state index in [1.54, 1.807) is 36.4 Å². The Labute approximate surface area is 196 Å². The molecular formula is C24H24N2O5S2. The number of furan rings is 1. The quantitative estimate of drug-likeness (QED) is 0.538. The predicted molar refractivity (Wildman–Crippen MR) is 128 cm³/mol. The van der Waals surface area contributed by atoms with Crippen molar-refractivity contribution in [2.75, 3.05) is 21.9 Å². The van der Waals surface area contributed by atoms with E-state index in [1.165, 1.54) is 21.9 Å². The van der Waals surface area contributed by atoms with Crippen molar-refractivity contribution in [3.05, 3.63) is 70.0 Å². The molecule has 5 rings (SSSR count). The summed E-state index contributed by atoms with van der Waals surface area (Å²) in [4.78, 5) is 27.4. The largest absolute Gasteiger partial charge is 0.461 e. The van der Waals surface area contributed by atoms with E-state index in [9.17, 15) is 18.0 Å². The fourth-order valence-electron chi connectivity index (χ4n) is 4.49. The maximum Gasteiger partial charge on any atom is 0.256 e. The van der Waals surface area contributed by atoms with Gasteiger partial charge in [-0.15, -0.1) is 11.3 Å². The lowest BCUT2D eigenvalue weighted by atomic mass is 9.87. The van der Waals surface area contributed by atoms with Gasteiger partial charge in [0.25, 0.3) is 5.91 Å². The van der Waals surface area contributed by atoms with E-state index in [-0.39, 0.29) is 23.2 Å². The smallest absolute Gasteiger partial charge is 0.256 e. The van der Waals surface area contributed by atoms with Crippen LogP contribution < -0.4 is 9.62 Å². The van der Waals surface area contributed by atoms with Crippen LogP contribution in [-0.2, 0) is 22.9 Å². The number of hydrogen-bond acceptors (Lipinski definition) is 6. The van der Waals surface area contributed by atoms with Gasteiger partial charge in [-0.2, -0.15) is 0 Å². The van der Waals surface area contributed by atoms with Crippen LogP contribution in [0.25, 0.3) is 0 Å². The average molecular weight is 485 g/mol. The molecule has 1 aliphatic heterocycles. The van der Waals surface area contributed by atoms with Crippen molar-refractivity contribution in [2.45, 2.75) is 32.6 Å². The Kier molecular flexibility index (Phi) is 5.62. The molecule has 0 spiro atoms. The van der Waals surface area contributed by atoms with Crippen LogP contribution >= 0.6 is 11.3 Å². The van der Waals surface area contributed by atoms with Gasteiger partial charge in [0.05, 0.1) is 23.3 Å². The van der Waals surface area contributed by atoms with Crippen molar-refractivity contribution in [1.82, 2.24) is 0 Å². The van der Waals surface area contributed by atoms with Crippen molar-refractivity contribution >= 4 is 43.7 Å². The van der Waals surface area contributed by atoms with Crippen molar-refractivity contribution in [1.29, 1.82) is 0 Å². The van der Waals surface area contributed by atoms with Crippen molar-refractivity contribution in [3.8, 4) is 0 Å². The SMILES string of the molecule is CC1CCc2c(sc(NC(=O)c3ccc(N4CCCS4(=O)=O)cc3)c2C(=O)c2ccco2)C1. The van der Waals surface area contributed by atoms with Crippen molar-refractivity contribution < 1.29 is 22.4 Å². The molecule has 3 aromatic rings. The number of nitrogens with zero attached hydrogens (tertiary/aromatic N) is 1. The summed E-state index contributed by atoms with van der Waals surface area (Å²) in [6, 6.07) is 9.83. The van der Waals surface area contributed by atoms with Gasteiger partial charge in [-0.05, 0) is 73.6 Å². The molecule has 1 saturated heterocycles. The second-order valence-corrected chi connectivity index (χ2v) is 11.7. The number of hydrogen-bond donors (Lipinski definition) is 1. The second kappa shape index (κ2) is 8.46. The zero-order valence-electron chi connectivity index (χ0n) is 18.2. The molecule has 0 bridgehead atoms. The van der Waals surface area contributed by atoms with Crippen LogP contribution in [-0.4, -0.2) is 32.4 Å². The molecule has 1 N–H and O–H groups in total. The van der Waals surface area contributed by atoms with E-state index in [4.69, 9.17) is 4.42 Å². The van der Waals surface area contributed by atoms with E-state index in [0.29, 0.717) is 40.7 Å². The van der Waals surface area contributed by atoms with E-state index >= 15 is 0 Å². The molecule has 0 saturated carbocycles. The number of nitrogens with one attached hydrogen (secondary N) is 1. The topological polar surface area (TPSA) is 96.7 Å². The fourth-order valence-corrected chi connectivity index (χ4v) is 7.46. The molecule has 0 radical (unpaired) electrons. The Bertz CT molecular complexity index is 1310. The number of anilines is 2. The van der Waals surface area contributed by atoms with Crippen LogP contribution in [0, 0.1) is 5.92 Å². The summed E-state index contributed by atoms with van der Waals surface area (Å²) in [6.07, 6.45) is 4.74. The molecule has 2 aromatic heterocycles. The summed E-state index contributed by atoms with van der Waals surface area (Å²) in [7, 11) is -3.28. The van der Waals surface area contributed by atoms with Crippen LogP contribution in [0.2, 0.25) is 0 Å². The van der Waals surface area contributed by atoms with E-state index in [1.807, 2.05) is 0 Å². The monoisotopic (exact) mass is 484 g/mol. The lowest BCUT2D eigenvalue weighted by Crippen LogP contribution is -2.25. The van der Waals surface area contributed by atoms with Crippen molar-refractivity contribution in [3.63, 3.8) is 0 Å². The van der Waals surface area contributed by atoms with E-state index in [0.717, 1.165) is 29.7 Å². The molecule has 7 nitrogen and oxygen atoms in total. The number of carbonyl (C=O) groups excluding carboxylic acids is 2. The average Bonchev–Trinajstić information content (AvgIpc) is 3.51. The second-order valence-electron chi connectivity index (χ2n) is 8.61. The number of fused-ring (bicyclic) bond motifs is 1. The maximum atomic E-state index is 13.2. The minimum atomic E-state index is -3.28. The Balaban J connectivity index is 1.43. The maximum absolute atomic E-state index is 13.2. The summed E-state index contributed by atoms with van der Waals surface area (Å²) in [5.74, 6) is 0.355. The van der Waals surface area contributed by atoms with Gasteiger partial charge in [0.2, 0.25) is 15.8 Å². The summed E-state index contributed by atoms with van der Waals surface area (Å²) >= 11 is 1.46. The summed E-state index contributed by atoms with van der Waals surface area (Å²) in [5, 5.41) is 3.47. The summed E-state index contributed by atoms with van der Waals surface area (Å²) in [6.45, 7) is 2.64. The molecule has 9 heteroatoms. The molecule has 172 valence electrons. The first kappa shape index (κ1) is 21.9. The third-order valence-electron chi connectivity index (χ3n) is 6.23. The van der Waals surface area contributed by atoms with Crippen LogP contribution in [0.3, 0.4) is 0 Å². The standard InChI is InChI=1S/C24H24N2O5S2/c1-15-5-10-18-20(14-15)32-24(21(18)22(27)19-4-2-12-31-19)25-23(28)16-6-8-17(9-7-16)26-11-3-13-33(26,29)30/h2,4,6-9,12,15H,3,5,10-11,13-14H2,1H3,(H,25,28). The lowest BCUT2D eigenvalue weighted by molar-refractivity contribution is 0.101. The highest BCUT2D eigenvalue weighted by atomic mass is 32.2. The molecule has 2 aliphatic rings. The zero-order valence-corrected chi connectivity index (χ0v) is 19.8. The molecule has 1 unspecified atom stereocenters. The van der Waals surface area contributed by atoms with Gasteiger partial charge in [0, 0.05) is 17.0 Å². The molecule has 1 fully saturated rings. The molecule has 33 heavy (non-hydrogen) atoms. The number of amides is 1. The van der Waals surface area contributed by atoms with Crippen LogP contribution in [0.1, 0.15) is 56.7 Å². The summed E-state index contributed by atoms with van der Waals surface area (Å²) < 4.78 is 31.0. The number of thiophene rings is 1. The van der Waals surface area contributed by atoms with Gasteiger partial charge in [-0.1, -0.05) is 6.92 Å². The van der Waals surface area contributed by atoms with Gasteiger partial charge in [-0.25, -0.2) is 8.42 Å². The van der Waals surface area contributed by atoms with Crippen molar-refractivity contribution in [2.24, 2.45) is 5.92 Å². The van der Waals surface area contributed by atoms with Crippen LogP contribution in [0.5, 0.6) is 0 Å². The first-order valence-corrected chi connectivity index (χ1v) is 13.4. The van der Waals surface area contributed by atoms with E-state index in [2.05, 4.69) is 12.2 Å². The van der Waals surface area contributed by atoms with E-state index < -0.39 is 10.0 Å². The Morgan fingerprint density at radius 3 is 2.64 bits per heavy atom. The third-order valence-corrected chi connectivity index (χ3v) is 9.27. The van der Waals surface area contributed by atoms with Gasteiger partial charge in [0.1, 0.15) is 5.00 Å². The minimum Gasteiger partial charge on any atom is -0.461 e. The van der Waals surface area contributed by atoms with Crippen LogP contribution in [0.4, 0.5) is 10.7 Å². The zero-order chi connectivity index (χ0) is 23.2. The van der Waals surface area contributed by atoms with Gasteiger partial charge in [-0.3, -0.25) is 13.9 Å². The molecule has 1 aliphatic carbocycles.